The zero-order chi connectivity index (χ0) is 18.1. The number of rotatable bonds is 4. The Hall–Kier alpha value is -2.97. The van der Waals surface area contributed by atoms with Crippen molar-refractivity contribution in [3.05, 3.63) is 47.5 Å². The van der Waals surface area contributed by atoms with Crippen molar-refractivity contribution in [1.29, 1.82) is 0 Å². The number of para-hydroxylation sites is 1. The van der Waals surface area contributed by atoms with Crippen molar-refractivity contribution in [2.75, 3.05) is 11.9 Å². The summed E-state index contributed by atoms with van der Waals surface area (Å²) in [7, 11) is 0. The van der Waals surface area contributed by atoms with E-state index >= 15 is 0 Å². The fourth-order valence-corrected chi connectivity index (χ4v) is 3.65. The lowest BCUT2D eigenvalue weighted by molar-refractivity contribution is -0.114. The summed E-state index contributed by atoms with van der Waals surface area (Å²) in [4.78, 5) is 19.2. The van der Waals surface area contributed by atoms with E-state index in [4.69, 9.17) is 11.6 Å². The molecule has 0 saturated heterocycles. The molecule has 0 aliphatic heterocycles. The van der Waals surface area contributed by atoms with Gasteiger partial charge in [-0.3, -0.25) is 4.79 Å². The Morgan fingerprint density at radius 3 is 3.04 bits per heavy atom. The number of aromatic amines is 1. The summed E-state index contributed by atoms with van der Waals surface area (Å²) in [6.45, 7) is -0.185. The van der Waals surface area contributed by atoms with Gasteiger partial charge in [0.25, 0.3) is 0 Å². The number of anilines is 1. The summed E-state index contributed by atoms with van der Waals surface area (Å²) in [5.74, 6) is -0.434. The fraction of sp³-hybridized carbons (Fsp3) is 0.0588. The predicted molar refractivity (Wildman–Crippen MR) is 103 cm³/mol. The first kappa shape index (κ1) is 16.5. The largest absolute Gasteiger partial charge is 0.493 e. The number of benzene rings is 2. The molecule has 0 fully saturated rings. The van der Waals surface area contributed by atoms with E-state index in [1.807, 2.05) is 24.3 Å². The number of aromatic hydroxyl groups is 1. The maximum absolute atomic E-state index is 12.0. The van der Waals surface area contributed by atoms with Gasteiger partial charge >= 0.3 is 0 Å². The van der Waals surface area contributed by atoms with Gasteiger partial charge in [-0.25, -0.2) is 4.98 Å². The van der Waals surface area contributed by atoms with Gasteiger partial charge in [-0.05, 0) is 24.3 Å². The number of thiazole rings is 1. The molecule has 7 nitrogen and oxygen atoms in total. The average molecular weight is 386 g/mol. The highest BCUT2D eigenvalue weighted by molar-refractivity contribution is 7.22. The number of aromatic nitrogens is 2. The molecule has 0 saturated carbocycles. The van der Waals surface area contributed by atoms with E-state index in [2.05, 4.69) is 25.5 Å². The number of azo groups is 1. The molecule has 0 aliphatic carbocycles. The third kappa shape index (κ3) is 3.24. The first-order valence-electron chi connectivity index (χ1n) is 7.63. The van der Waals surface area contributed by atoms with E-state index in [0.29, 0.717) is 15.8 Å². The van der Waals surface area contributed by atoms with Crippen molar-refractivity contribution in [1.82, 2.24) is 9.97 Å². The van der Waals surface area contributed by atoms with E-state index in [1.165, 1.54) is 11.3 Å². The quantitative estimate of drug-likeness (QED) is 0.437. The summed E-state index contributed by atoms with van der Waals surface area (Å²) >= 11 is 7.28. The second-order valence-corrected chi connectivity index (χ2v) is 6.91. The van der Waals surface area contributed by atoms with Crippen molar-refractivity contribution in [3.63, 3.8) is 0 Å². The Labute approximate surface area is 156 Å². The number of halogens is 1. The summed E-state index contributed by atoms with van der Waals surface area (Å²) in [5, 5.41) is 22.3. The van der Waals surface area contributed by atoms with Crippen LogP contribution in [0.2, 0.25) is 5.02 Å². The highest BCUT2D eigenvalue weighted by atomic mass is 35.5. The number of fused-ring (bicyclic) bond motifs is 2. The lowest BCUT2D eigenvalue weighted by atomic mass is 10.2. The number of nitrogens with one attached hydrogen (secondary N) is 2. The minimum Gasteiger partial charge on any atom is -0.493 e. The van der Waals surface area contributed by atoms with Gasteiger partial charge in [-0.2, -0.15) is 5.11 Å². The van der Waals surface area contributed by atoms with Crippen molar-refractivity contribution in [2.24, 2.45) is 10.2 Å². The topological polar surface area (TPSA) is 103 Å². The second-order valence-electron chi connectivity index (χ2n) is 5.45. The first-order valence-corrected chi connectivity index (χ1v) is 8.83. The van der Waals surface area contributed by atoms with Crippen molar-refractivity contribution >= 4 is 60.8 Å². The molecule has 9 heteroatoms. The van der Waals surface area contributed by atoms with Crippen LogP contribution in [0.4, 0.5) is 10.8 Å². The minimum absolute atomic E-state index is 0.0848. The Bertz CT molecular complexity index is 1150. The van der Waals surface area contributed by atoms with Gasteiger partial charge in [0.1, 0.15) is 6.54 Å². The molecule has 0 radical (unpaired) electrons. The van der Waals surface area contributed by atoms with Gasteiger partial charge in [0.05, 0.1) is 15.7 Å². The van der Waals surface area contributed by atoms with Crippen LogP contribution in [-0.4, -0.2) is 27.5 Å². The molecule has 0 aliphatic rings. The fourth-order valence-electron chi connectivity index (χ4n) is 2.50. The Morgan fingerprint density at radius 1 is 1.31 bits per heavy atom. The lowest BCUT2D eigenvalue weighted by Crippen LogP contribution is -2.14. The van der Waals surface area contributed by atoms with Gasteiger partial charge in [0.2, 0.25) is 11.8 Å². The van der Waals surface area contributed by atoms with Crippen LogP contribution >= 0.6 is 22.9 Å². The van der Waals surface area contributed by atoms with Crippen LogP contribution in [0.1, 0.15) is 0 Å². The summed E-state index contributed by atoms with van der Waals surface area (Å²) in [6.07, 6.45) is 0. The number of amides is 1. The highest BCUT2D eigenvalue weighted by Crippen LogP contribution is 2.35. The molecule has 4 rings (SSSR count). The van der Waals surface area contributed by atoms with E-state index in [-0.39, 0.29) is 18.3 Å². The van der Waals surface area contributed by atoms with E-state index < -0.39 is 0 Å². The molecule has 2 heterocycles. The molecule has 2 aromatic carbocycles. The molecule has 26 heavy (non-hydrogen) atoms. The standard InChI is InChI=1S/C17H12ClN5O2S/c18-9-5-6-12-13(7-9)26-17(21-12)22-14(24)8-19-23-15-10-3-1-2-4-11(10)20-16(15)25/h1-7,20,25H,8H2,(H,21,22,24). The van der Waals surface area contributed by atoms with Crippen LogP contribution in [0.15, 0.2) is 52.7 Å². The lowest BCUT2D eigenvalue weighted by Gasteiger charge is -1.96. The Balaban J connectivity index is 1.46. The van der Waals surface area contributed by atoms with Gasteiger partial charge in [0.15, 0.2) is 10.8 Å². The van der Waals surface area contributed by atoms with Crippen LogP contribution < -0.4 is 5.32 Å². The average Bonchev–Trinajstić information content (AvgIpc) is 3.14. The number of nitrogens with zero attached hydrogens (tertiary/aromatic N) is 3. The summed E-state index contributed by atoms with van der Waals surface area (Å²) < 4.78 is 0.887. The molecule has 130 valence electrons. The van der Waals surface area contributed by atoms with E-state index in [9.17, 15) is 9.90 Å². The maximum atomic E-state index is 12.0. The van der Waals surface area contributed by atoms with E-state index in [1.54, 1.807) is 18.2 Å². The number of carbonyl (C=O) groups is 1. The molecule has 1 amide bonds. The molecule has 0 bridgehead atoms. The van der Waals surface area contributed by atoms with Crippen LogP contribution in [0.25, 0.3) is 21.1 Å². The zero-order valence-electron chi connectivity index (χ0n) is 13.2. The minimum atomic E-state index is -0.349. The third-order valence-electron chi connectivity index (χ3n) is 3.64. The zero-order valence-corrected chi connectivity index (χ0v) is 14.8. The number of H-pyrrole nitrogens is 1. The normalized spacial score (nSPS) is 11.6. The summed E-state index contributed by atoms with van der Waals surface area (Å²) in [6, 6.07) is 12.6. The molecule has 3 N–H and O–H groups in total. The molecular weight excluding hydrogens is 374 g/mol. The van der Waals surface area contributed by atoms with Gasteiger partial charge < -0.3 is 15.4 Å². The number of carbonyl (C=O) groups excluding carboxylic acids is 1. The molecular formula is C17H12ClN5O2S. The summed E-state index contributed by atoms with van der Waals surface area (Å²) in [5.41, 5.74) is 1.82. The van der Waals surface area contributed by atoms with Gasteiger partial charge in [-0.1, -0.05) is 41.1 Å². The van der Waals surface area contributed by atoms with Crippen LogP contribution in [0.3, 0.4) is 0 Å². The highest BCUT2D eigenvalue weighted by Gasteiger charge is 2.11. The third-order valence-corrected chi connectivity index (χ3v) is 4.81. The van der Waals surface area contributed by atoms with Crippen LogP contribution in [-0.2, 0) is 4.79 Å². The Kier molecular flexibility index (Phi) is 4.27. The van der Waals surface area contributed by atoms with Gasteiger partial charge in [-0.15, -0.1) is 5.11 Å². The number of hydrogen-bond donors (Lipinski definition) is 3. The molecule has 0 unspecified atom stereocenters. The van der Waals surface area contributed by atoms with Crippen LogP contribution in [0, 0.1) is 0 Å². The SMILES string of the molecule is O=C(CN=Nc1c(O)[nH]c2ccccc12)Nc1nc2ccc(Cl)cc2s1. The number of hydrogen-bond acceptors (Lipinski definition) is 6. The molecule has 0 atom stereocenters. The van der Waals surface area contributed by atoms with Crippen molar-refractivity contribution in [3.8, 4) is 5.88 Å². The first-order chi connectivity index (χ1) is 12.6. The monoisotopic (exact) mass is 385 g/mol. The molecule has 4 aromatic rings. The van der Waals surface area contributed by atoms with Crippen LogP contribution in [0.5, 0.6) is 5.88 Å². The van der Waals surface area contributed by atoms with Gasteiger partial charge in [0, 0.05) is 10.4 Å². The van der Waals surface area contributed by atoms with Crippen molar-refractivity contribution < 1.29 is 9.90 Å². The predicted octanol–water partition coefficient (Wildman–Crippen LogP) is 4.86. The second kappa shape index (κ2) is 6.74. The maximum Gasteiger partial charge on any atom is 0.249 e. The van der Waals surface area contributed by atoms with E-state index in [0.717, 1.165) is 21.1 Å². The molecule has 0 spiro atoms. The smallest absolute Gasteiger partial charge is 0.249 e. The molecule has 2 aromatic heterocycles. The van der Waals surface area contributed by atoms with Crippen molar-refractivity contribution in [2.45, 2.75) is 0 Å². The Morgan fingerprint density at radius 2 is 2.15 bits per heavy atom.